The molecule has 0 spiro atoms. The van der Waals surface area contributed by atoms with E-state index in [9.17, 15) is 19.5 Å². The van der Waals surface area contributed by atoms with Crippen LogP contribution in [0.25, 0.3) is 0 Å². The first-order valence-corrected chi connectivity index (χ1v) is 17.6. The van der Waals surface area contributed by atoms with Crippen LogP contribution in [0.3, 0.4) is 0 Å². The molecule has 12 heteroatoms. The average Bonchev–Trinajstić information content (AvgIpc) is 3.54. The van der Waals surface area contributed by atoms with Crippen LogP contribution in [0, 0.1) is 23.7 Å². The highest BCUT2D eigenvalue weighted by atomic mass is 35.5. The number of hydrogen-bond acceptors (Lipinski definition) is 8. The first-order chi connectivity index (χ1) is 25.1. The highest BCUT2D eigenvalue weighted by molar-refractivity contribution is 6.36. The van der Waals surface area contributed by atoms with Gasteiger partial charge in [0.25, 0.3) is 11.8 Å². The molecule has 8 rings (SSSR count). The molecule has 264 valence electrons. The van der Waals surface area contributed by atoms with Crippen molar-refractivity contribution in [1.82, 2.24) is 5.01 Å². The van der Waals surface area contributed by atoms with Crippen LogP contribution in [0.4, 0.5) is 11.4 Å². The number of allylic oxidation sites excluding steroid dienone is 2. The third kappa shape index (κ3) is 4.84. The van der Waals surface area contributed by atoms with E-state index in [2.05, 4.69) is 5.43 Å². The molecule has 52 heavy (non-hydrogen) atoms. The summed E-state index contributed by atoms with van der Waals surface area (Å²) in [5.41, 5.74) is 3.65. The number of nitrogens with one attached hydrogen (secondary N) is 1. The first-order valence-electron chi connectivity index (χ1n) is 16.8. The van der Waals surface area contributed by atoms with Crippen molar-refractivity contribution in [3.8, 4) is 17.2 Å². The SMILES string of the molecule is COc1ccc([C@@]23C(=O)N(Nc4ccc(Cl)cc4Cl)C(=O)[C@@H]2C[C@@H]2C(=CC[C@@H]4C(=O)N(c5ccccc5)C(=O)[C@@H]42)[C@@H]3c2cccc(OC)c2O)cc1. The second kappa shape index (κ2) is 12.7. The van der Waals surface area contributed by atoms with Gasteiger partial charge in [-0.05, 0) is 72.9 Å². The van der Waals surface area contributed by atoms with E-state index in [1.807, 2.05) is 12.1 Å². The zero-order chi connectivity index (χ0) is 36.5. The Kier molecular flexibility index (Phi) is 8.27. The number of fused-ring (bicyclic) bond motifs is 4. The van der Waals surface area contributed by atoms with Gasteiger partial charge in [-0.2, -0.15) is 5.01 Å². The zero-order valence-corrected chi connectivity index (χ0v) is 29.6. The van der Waals surface area contributed by atoms with Crippen molar-refractivity contribution in [1.29, 1.82) is 0 Å². The van der Waals surface area contributed by atoms with Crippen LogP contribution in [-0.2, 0) is 24.6 Å². The maximum absolute atomic E-state index is 15.4. The van der Waals surface area contributed by atoms with Crippen molar-refractivity contribution in [3.63, 3.8) is 0 Å². The van der Waals surface area contributed by atoms with Crippen LogP contribution in [0.1, 0.15) is 29.9 Å². The van der Waals surface area contributed by atoms with Crippen molar-refractivity contribution in [2.24, 2.45) is 23.7 Å². The molecule has 2 saturated heterocycles. The number of imide groups is 2. The number of methoxy groups -OCH3 is 2. The Morgan fingerprint density at radius 1 is 0.827 bits per heavy atom. The van der Waals surface area contributed by atoms with Crippen LogP contribution in [0.5, 0.6) is 17.2 Å². The molecule has 2 N–H and O–H groups in total. The first kappa shape index (κ1) is 33.8. The van der Waals surface area contributed by atoms with Crippen LogP contribution in [-0.4, -0.2) is 48.0 Å². The standard InChI is InChI=1S/C40H33Cl2N3O7/c1-51-24-14-11-21(12-15-24)40-29(37(48)45(39(40)50)43-31-18-13-22(41)19-30(31)42)20-28-25(34(40)27-9-6-10-32(52-2)35(27)46)16-17-26-33(28)38(49)44(36(26)47)23-7-4-3-5-8-23/h3-16,18-19,26,28-29,33-34,43,46H,17,20H2,1-2H3/t26-,28+,29-,33-,34+,40+/m0/s1. The van der Waals surface area contributed by atoms with E-state index >= 15 is 4.79 Å². The van der Waals surface area contributed by atoms with Crippen LogP contribution in [0.15, 0.2) is 103 Å². The van der Waals surface area contributed by atoms with Gasteiger partial charge >= 0.3 is 0 Å². The number of hydrazine groups is 1. The number of nitrogens with zero attached hydrogens (tertiary/aromatic N) is 2. The molecule has 2 heterocycles. The highest BCUT2D eigenvalue weighted by Gasteiger charge is 2.70. The number of ether oxygens (including phenoxy) is 2. The van der Waals surface area contributed by atoms with E-state index in [1.165, 1.54) is 25.2 Å². The van der Waals surface area contributed by atoms with E-state index in [1.54, 1.807) is 78.9 Å². The predicted molar refractivity (Wildman–Crippen MR) is 194 cm³/mol. The third-order valence-electron chi connectivity index (χ3n) is 11.2. The Balaban J connectivity index is 1.35. The third-order valence-corrected chi connectivity index (χ3v) is 11.7. The van der Waals surface area contributed by atoms with Gasteiger partial charge in [0, 0.05) is 16.5 Å². The summed E-state index contributed by atoms with van der Waals surface area (Å²) in [7, 11) is 2.97. The largest absolute Gasteiger partial charge is 0.504 e. The van der Waals surface area contributed by atoms with Gasteiger partial charge in [-0.25, -0.2) is 0 Å². The van der Waals surface area contributed by atoms with E-state index in [4.69, 9.17) is 32.7 Å². The topological polar surface area (TPSA) is 125 Å². The summed E-state index contributed by atoms with van der Waals surface area (Å²) >= 11 is 12.7. The number of rotatable bonds is 7. The fourth-order valence-corrected chi connectivity index (χ4v) is 9.41. The Hall–Kier alpha value is -5.32. The minimum Gasteiger partial charge on any atom is -0.504 e. The molecule has 4 aromatic carbocycles. The summed E-state index contributed by atoms with van der Waals surface area (Å²) in [5.74, 6) is -5.35. The molecule has 4 aliphatic rings. The van der Waals surface area contributed by atoms with Crippen LogP contribution in [0.2, 0.25) is 10.0 Å². The molecule has 10 nitrogen and oxygen atoms in total. The summed E-state index contributed by atoms with van der Waals surface area (Å²) in [4.78, 5) is 59.9. The van der Waals surface area contributed by atoms with Gasteiger partial charge in [0.2, 0.25) is 11.8 Å². The number of carbonyl (C=O) groups excluding carboxylic acids is 4. The lowest BCUT2D eigenvalue weighted by Crippen LogP contribution is -2.53. The normalized spacial score (nSPS) is 26.5. The van der Waals surface area contributed by atoms with Gasteiger partial charge in [0.1, 0.15) is 5.75 Å². The maximum Gasteiger partial charge on any atom is 0.260 e. The van der Waals surface area contributed by atoms with Crippen LogP contribution < -0.4 is 19.8 Å². The van der Waals surface area contributed by atoms with Crippen LogP contribution >= 0.6 is 23.2 Å². The second-order valence-electron chi connectivity index (χ2n) is 13.5. The van der Waals surface area contributed by atoms with Crippen molar-refractivity contribution < 1.29 is 33.8 Å². The molecule has 6 atom stereocenters. The van der Waals surface area contributed by atoms with Gasteiger partial charge in [0.15, 0.2) is 11.5 Å². The number of benzene rings is 4. The lowest BCUT2D eigenvalue weighted by Gasteiger charge is -2.50. The molecule has 0 bridgehead atoms. The lowest BCUT2D eigenvalue weighted by atomic mass is 9.49. The number of para-hydroxylation sites is 2. The molecule has 1 saturated carbocycles. The fourth-order valence-electron chi connectivity index (χ4n) is 8.96. The number of hydrogen-bond donors (Lipinski definition) is 2. The number of phenolic OH excluding ortho intramolecular Hbond substituents is 1. The quantitative estimate of drug-likeness (QED) is 0.155. The lowest BCUT2D eigenvalue weighted by molar-refractivity contribution is -0.138. The van der Waals surface area contributed by atoms with Crippen molar-refractivity contribution in [2.75, 3.05) is 24.5 Å². The molecule has 0 radical (unpaired) electrons. The van der Waals surface area contributed by atoms with Crippen molar-refractivity contribution in [3.05, 3.63) is 124 Å². The molecular formula is C40H33Cl2N3O7. The zero-order valence-electron chi connectivity index (χ0n) is 28.1. The molecule has 4 aromatic rings. The highest BCUT2D eigenvalue weighted by Crippen LogP contribution is 2.65. The number of amides is 4. The summed E-state index contributed by atoms with van der Waals surface area (Å²) < 4.78 is 11.0. The van der Waals surface area contributed by atoms with E-state index in [-0.39, 0.29) is 46.9 Å². The predicted octanol–water partition coefficient (Wildman–Crippen LogP) is 6.91. The Morgan fingerprint density at radius 3 is 2.27 bits per heavy atom. The summed E-state index contributed by atoms with van der Waals surface area (Å²) in [6, 6.07) is 25.5. The summed E-state index contributed by atoms with van der Waals surface area (Å²) in [6.45, 7) is 0. The Labute approximate surface area is 309 Å². The number of phenols is 1. The molecule has 0 unspecified atom stereocenters. The van der Waals surface area contributed by atoms with Gasteiger partial charge < -0.3 is 14.6 Å². The number of aromatic hydroxyl groups is 1. The number of halogens is 2. The average molecular weight is 739 g/mol. The minimum atomic E-state index is -1.63. The van der Waals surface area contributed by atoms with Gasteiger partial charge in [0.05, 0.1) is 53.8 Å². The molecule has 0 aromatic heterocycles. The summed E-state index contributed by atoms with van der Waals surface area (Å²) in [5, 5.41) is 13.4. The number of anilines is 2. The Bertz CT molecular complexity index is 2180. The van der Waals surface area contributed by atoms with Gasteiger partial charge in [-0.1, -0.05) is 77.3 Å². The minimum absolute atomic E-state index is 0.0824. The van der Waals surface area contributed by atoms with E-state index < -0.39 is 46.8 Å². The molecule has 2 aliphatic carbocycles. The fraction of sp³-hybridized carbons (Fsp3) is 0.250. The van der Waals surface area contributed by atoms with Crippen molar-refractivity contribution >= 4 is 58.2 Å². The van der Waals surface area contributed by atoms with Crippen molar-refractivity contribution in [2.45, 2.75) is 24.2 Å². The van der Waals surface area contributed by atoms with E-state index in [0.717, 1.165) is 5.01 Å². The van der Waals surface area contributed by atoms with Gasteiger partial charge in [-0.15, -0.1) is 0 Å². The van der Waals surface area contributed by atoms with E-state index in [0.29, 0.717) is 33.2 Å². The Morgan fingerprint density at radius 2 is 1.58 bits per heavy atom. The smallest absolute Gasteiger partial charge is 0.260 e. The van der Waals surface area contributed by atoms with Gasteiger partial charge in [-0.3, -0.25) is 29.5 Å². The summed E-state index contributed by atoms with van der Waals surface area (Å²) in [6.07, 6.45) is 2.25. The number of carbonyl (C=O) groups is 4. The molecule has 4 amide bonds. The molecular weight excluding hydrogens is 705 g/mol. The molecule has 3 fully saturated rings. The molecule has 2 aliphatic heterocycles. The second-order valence-corrected chi connectivity index (χ2v) is 14.3. The monoisotopic (exact) mass is 737 g/mol. The maximum atomic E-state index is 15.4.